The van der Waals surface area contributed by atoms with Gasteiger partial charge in [0.25, 0.3) is 0 Å². The van der Waals surface area contributed by atoms with Crippen molar-refractivity contribution in [3.05, 3.63) is 54.7 Å². The van der Waals surface area contributed by atoms with E-state index in [1.165, 1.54) is 0 Å². The molecular formula is C19H18F3NO5S. The van der Waals surface area contributed by atoms with Crippen molar-refractivity contribution in [2.24, 2.45) is 7.05 Å². The van der Waals surface area contributed by atoms with E-state index in [4.69, 9.17) is 22.4 Å². The van der Waals surface area contributed by atoms with Gasteiger partial charge in [-0.2, -0.15) is 13.2 Å². The molecule has 0 radical (unpaired) electrons. The largest absolute Gasteiger partial charge is 0.741 e. The minimum Gasteiger partial charge on any atom is -0.741 e. The predicted molar refractivity (Wildman–Crippen MR) is 99.4 cm³/mol. The van der Waals surface area contributed by atoms with E-state index in [0.29, 0.717) is 0 Å². The molecule has 0 bridgehead atoms. The Morgan fingerprint density at radius 1 is 1.00 bits per heavy atom. The number of ether oxygens (including phenoxy) is 2. The van der Waals surface area contributed by atoms with Crippen molar-refractivity contribution in [2.45, 2.75) is 5.51 Å². The van der Waals surface area contributed by atoms with Gasteiger partial charge in [0.1, 0.15) is 18.5 Å². The molecule has 1 aromatic heterocycles. The minimum atomic E-state index is -6.09. The quantitative estimate of drug-likeness (QED) is 0.362. The van der Waals surface area contributed by atoms with Gasteiger partial charge in [0.05, 0.1) is 19.6 Å². The third-order valence-corrected chi connectivity index (χ3v) is 4.53. The molecular weight excluding hydrogens is 411 g/mol. The molecule has 0 aliphatic carbocycles. The van der Waals surface area contributed by atoms with Crippen LogP contribution in [0.2, 0.25) is 0 Å². The highest BCUT2D eigenvalue weighted by Gasteiger charge is 2.36. The van der Waals surface area contributed by atoms with Gasteiger partial charge in [-0.25, -0.2) is 13.0 Å². The summed E-state index contributed by atoms with van der Waals surface area (Å²) < 4.78 is 71.8. The van der Waals surface area contributed by atoms with E-state index in [2.05, 4.69) is 29.0 Å². The Bertz CT molecular complexity index is 1110. The number of aryl methyl sites for hydroxylation is 1. The van der Waals surface area contributed by atoms with Crippen molar-refractivity contribution in [3.8, 4) is 22.8 Å². The first-order chi connectivity index (χ1) is 13.5. The molecule has 1 heterocycles. The molecule has 3 rings (SSSR count). The van der Waals surface area contributed by atoms with Crippen LogP contribution in [-0.4, -0.2) is 32.7 Å². The molecule has 0 atom stereocenters. The Kier molecular flexibility index (Phi) is 6.70. The number of hydrogen-bond acceptors (Lipinski definition) is 5. The van der Waals surface area contributed by atoms with Crippen molar-refractivity contribution >= 4 is 20.9 Å². The molecule has 156 valence electrons. The van der Waals surface area contributed by atoms with Gasteiger partial charge in [-0.1, -0.05) is 18.2 Å². The van der Waals surface area contributed by atoms with Crippen molar-refractivity contribution in [1.29, 1.82) is 0 Å². The second kappa shape index (κ2) is 8.66. The van der Waals surface area contributed by atoms with E-state index >= 15 is 0 Å². The maximum atomic E-state index is 10.7. The van der Waals surface area contributed by atoms with E-state index in [0.717, 1.165) is 33.5 Å². The summed E-state index contributed by atoms with van der Waals surface area (Å²) in [5.41, 5.74) is -3.39. The summed E-state index contributed by atoms with van der Waals surface area (Å²) in [5, 5.41) is 2.26. The van der Waals surface area contributed by atoms with E-state index < -0.39 is 15.6 Å². The van der Waals surface area contributed by atoms with Crippen LogP contribution in [-0.2, 0) is 17.2 Å². The van der Waals surface area contributed by atoms with Crippen LogP contribution >= 0.6 is 0 Å². The van der Waals surface area contributed by atoms with Gasteiger partial charge >= 0.3 is 5.51 Å². The fourth-order valence-electron chi connectivity index (χ4n) is 2.58. The van der Waals surface area contributed by atoms with E-state index in [-0.39, 0.29) is 0 Å². The molecule has 29 heavy (non-hydrogen) atoms. The van der Waals surface area contributed by atoms with Crippen LogP contribution in [0.3, 0.4) is 0 Å². The Morgan fingerprint density at radius 3 is 2.17 bits per heavy atom. The van der Waals surface area contributed by atoms with Crippen molar-refractivity contribution in [3.63, 3.8) is 0 Å². The smallest absolute Gasteiger partial charge is 0.485 e. The maximum absolute atomic E-state index is 10.7. The predicted octanol–water partition coefficient (Wildman–Crippen LogP) is 3.40. The highest BCUT2D eigenvalue weighted by molar-refractivity contribution is 7.86. The summed E-state index contributed by atoms with van der Waals surface area (Å²) in [7, 11) is -0.664. The zero-order valence-corrected chi connectivity index (χ0v) is 16.5. The Labute approximate surface area is 165 Å². The number of rotatable bonds is 3. The van der Waals surface area contributed by atoms with Crippen LogP contribution in [0.1, 0.15) is 0 Å². The number of fused-ring (bicyclic) bond motifs is 1. The first kappa shape index (κ1) is 22.4. The first-order valence-electron chi connectivity index (χ1n) is 8.11. The van der Waals surface area contributed by atoms with Crippen LogP contribution in [0, 0.1) is 0 Å². The van der Waals surface area contributed by atoms with Gasteiger partial charge in [-0.05, 0) is 29.7 Å². The van der Waals surface area contributed by atoms with Gasteiger partial charge in [0.2, 0.25) is 5.69 Å². The standard InChI is InChI=1S/C18H18NO2.CHF3O3S/c1-19-12-16-13(6-5-9-18(16)21-3)11-17(19)14-7-4-8-15(10-14)20-2;2-1(3,4)8(5,6)7/h4-12H,1-3H3;(H,5,6,7)/q+1;/p-1. The molecule has 0 spiro atoms. The lowest BCUT2D eigenvalue weighted by atomic mass is 10.1. The third kappa shape index (κ3) is 5.36. The van der Waals surface area contributed by atoms with Crippen molar-refractivity contribution in [2.75, 3.05) is 14.2 Å². The zero-order chi connectivity index (χ0) is 21.8. The minimum absolute atomic E-state index is 0.859. The summed E-state index contributed by atoms with van der Waals surface area (Å²) in [6.45, 7) is 0. The Morgan fingerprint density at radius 2 is 1.62 bits per heavy atom. The second-order valence-electron chi connectivity index (χ2n) is 5.86. The number of nitrogens with zero attached hydrogens (tertiary/aromatic N) is 1. The number of benzene rings is 2. The number of aromatic nitrogens is 1. The molecule has 0 amide bonds. The van der Waals surface area contributed by atoms with Crippen molar-refractivity contribution in [1.82, 2.24) is 0 Å². The third-order valence-electron chi connectivity index (χ3n) is 3.96. The van der Waals surface area contributed by atoms with E-state index in [1.54, 1.807) is 14.2 Å². The average molecular weight is 429 g/mol. The molecule has 0 aliphatic rings. The Hall–Kier alpha value is -2.85. The first-order valence-corrected chi connectivity index (χ1v) is 9.51. The maximum Gasteiger partial charge on any atom is 0.485 e. The second-order valence-corrected chi connectivity index (χ2v) is 7.24. The summed E-state index contributed by atoms with van der Waals surface area (Å²) in [4.78, 5) is 0. The molecule has 3 aromatic rings. The number of hydrogen-bond donors (Lipinski definition) is 0. The van der Waals surface area contributed by atoms with Crippen LogP contribution in [0.15, 0.2) is 54.7 Å². The molecule has 0 saturated carbocycles. The highest BCUT2D eigenvalue weighted by Crippen LogP contribution is 2.28. The van der Waals surface area contributed by atoms with Gasteiger partial charge in [0.15, 0.2) is 16.3 Å². The van der Waals surface area contributed by atoms with Gasteiger partial charge < -0.3 is 14.0 Å². The van der Waals surface area contributed by atoms with E-state index in [1.807, 2.05) is 37.4 Å². The number of alkyl halides is 3. The van der Waals surface area contributed by atoms with E-state index in [9.17, 15) is 13.2 Å². The lowest BCUT2D eigenvalue weighted by molar-refractivity contribution is -0.659. The number of methoxy groups -OCH3 is 2. The fraction of sp³-hybridized carbons (Fsp3) is 0.211. The molecule has 0 fully saturated rings. The Balaban J connectivity index is 0.000000321. The summed E-state index contributed by atoms with van der Waals surface area (Å²) >= 11 is 0. The summed E-state index contributed by atoms with van der Waals surface area (Å²) in [5.74, 6) is 1.75. The molecule has 0 N–H and O–H groups in total. The number of halogens is 3. The monoisotopic (exact) mass is 429 g/mol. The van der Waals surface area contributed by atoms with Crippen LogP contribution < -0.4 is 14.0 Å². The normalized spacial score (nSPS) is 11.6. The fourth-order valence-corrected chi connectivity index (χ4v) is 2.58. The highest BCUT2D eigenvalue weighted by atomic mass is 32.2. The summed E-state index contributed by atoms with van der Waals surface area (Å²) in [6, 6.07) is 16.3. The molecule has 0 unspecified atom stereocenters. The molecule has 10 heteroatoms. The molecule has 0 aliphatic heterocycles. The van der Waals surface area contributed by atoms with Crippen LogP contribution in [0.25, 0.3) is 22.0 Å². The topological polar surface area (TPSA) is 79.5 Å². The van der Waals surface area contributed by atoms with Gasteiger partial charge in [-0.3, -0.25) is 0 Å². The zero-order valence-electron chi connectivity index (χ0n) is 15.7. The molecule has 6 nitrogen and oxygen atoms in total. The lowest BCUT2D eigenvalue weighted by Crippen LogP contribution is -2.30. The average Bonchev–Trinajstić information content (AvgIpc) is 2.66. The molecule has 0 saturated heterocycles. The number of pyridine rings is 1. The van der Waals surface area contributed by atoms with Crippen molar-refractivity contribution < 1.29 is 40.2 Å². The molecule has 2 aromatic carbocycles. The van der Waals surface area contributed by atoms with Gasteiger partial charge in [0, 0.05) is 11.6 Å². The SMILES string of the molecule is COc1cccc(-c2cc3cccc(OC)c3c[n+]2C)c1.O=S(=O)([O-])C(F)(F)F. The summed E-state index contributed by atoms with van der Waals surface area (Å²) in [6.07, 6.45) is 2.10. The lowest BCUT2D eigenvalue weighted by Gasteiger charge is -2.08. The van der Waals surface area contributed by atoms with Gasteiger partial charge in [-0.15, -0.1) is 0 Å². The van der Waals surface area contributed by atoms with Crippen LogP contribution in [0.5, 0.6) is 11.5 Å². The van der Waals surface area contributed by atoms with Crippen LogP contribution in [0.4, 0.5) is 13.2 Å².